The molecule has 0 aliphatic carbocycles. The normalized spacial score (nSPS) is 12.8. The number of hydrogen-bond acceptors (Lipinski definition) is 2. The van der Waals surface area contributed by atoms with Crippen molar-refractivity contribution in [1.29, 1.82) is 0 Å². The molecule has 0 spiro atoms. The van der Waals surface area contributed by atoms with E-state index in [1.807, 2.05) is 14.0 Å². The van der Waals surface area contributed by atoms with Crippen molar-refractivity contribution in [2.24, 2.45) is 0 Å². The Labute approximate surface area is 101 Å². The van der Waals surface area contributed by atoms with Gasteiger partial charge in [0.1, 0.15) is 5.82 Å². The Bertz CT molecular complexity index is 333. The van der Waals surface area contributed by atoms with Crippen LogP contribution >= 0.6 is 11.6 Å². The minimum atomic E-state index is -0.221. The Balaban J connectivity index is 2.65. The molecule has 0 fully saturated rings. The molecule has 1 rings (SSSR count). The Morgan fingerprint density at radius 3 is 2.88 bits per heavy atom. The van der Waals surface area contributed by atoms with Crippen LogP contribution in [0.5, 0.6) is 0 Å². The average molecular weight is 246 g/mol. The van der Waals surface area contributed by atoms with Crippen LogP contribution in [-0.2, 0) is 11.2 Å². The van der Waals surface area contributed by atoms with Crippen LogP contribution in [0.2, 0.25) is 5.02 Å². The van der Waals surface area contributed by atoms with Crippen molar-refractivity contribution in [2.45, 2.75) is 19.4 Å². The summed E-state index contributed by atoms with van der Waals surface area (Å²) in [5.74, 6) is -0.221. The summed E-state index contributed by atoms with van der Waals surface area (Å²) >= 11 is 5.83. The molecule has 2 nitrogen and oxygen atoms in total. The minimum absolute atomic E-state index is 0.105. The zero-order chi connectivity index (χ0) is 12.0. The van der Waals surface area contributed by atoms with E-state index in [2.05, 4.69) is 5.32 Å². The molecule has 0 aliphatic rings. The SMILES string of the molecule is CCOCC(Cc1cc(Cl)ccc1F)NC. The summed E-state index contributed by atoms with van der Waals surface area (Å²) in [6.07, 6.45) is 0.572. The molecule has 0 saturated carbocycles. The summed E-state index contributed by atoms with van der Waals surface area (Å²) in [6.45, 7) is 3.17. The van der Waals surface area contributed by atoms with Crippen LogP contribution in [0.4, 0.5) is 4.39 Å². The lowest BCUT2D eigenvalue weighted by Crippen LogP contribution is -2.32. The van der Waals surface area contributed by atoms with Crippen LogP contribution in [0.25, 0.3) is 0 Å². The van der Waals surface area contributed by atoms with Gasteiger partial charge in [-0.1, -0.05) is 11.6 Å². The van der Waals surface area contributed by atoms with Crippen molar-refractivity contribution in [2.75, 3.05) is 20.3 Å². The van der Waals surface area contributed by atoms with Crippen molar-refractivity contribution >= 4 is 11.6 Å². The van der Waals surface area contributed by atoms with E-state index in [0.717, 1.165) is 0 Å². The van der Waals surface area contributed by atoms with E-state index < -0.39 is 0 Å². The third-order valence-electron chi connectivity index (χ3n) is 2.41. The highest BCUT2D eigenvalue weighted by Crippen LogP contribution is 2.16. The van der Waals surface area contributed by atoms with Gasteiger partial charge in [-0.15, -0.1) is 0 Å². The standard InChI is InChI=1S/C12H17ClFNO/c1-3-16-8-11(15-2)7-9-6-10(13)4-5-12(9)14/h4-6,11,15H,3,7-8H2,1-2H3. The zero-order valence-electron chi connectivity index (χ0n) is 9.59. The van der Waals surface area contributed by atoms with Gasteiger partial charge in [-0.3, -0.25) is 0 Å². The Morgan fingerprint density at radius 2 is 2.25 bits per heavy atom. The summed E-state index contributed by atoms with van der Waals surface area (Å²) in [4.78, 5) is 0. The van der Waals surface area contributed by atoms with Crippen molar-refractivity contribution < 1.29 is 9.13 Å². The van der Waals surface area contributed by atoms with Gasteiger partial charge >= 0.3 is 0 Å². The van der Waals surface area contributed by atoms with Crippen molar-refractivity contribution in [3.05, 3.63) is 34.6 Å². The third-order valence-corrected chi connectivity index (χ3v) is 2.64. The van der Waals surface area contributed by atoms with Crippen LogP contribution in [0, 0.1) is 5.82 Å². The summed E-state index contributed by atoms with van der Waals surface area (Å²) in [7, 11) is 1.84. The van der Waals surface area contributed by atoms with Crippen molar-refractivity contribution in [1.82, 2.24) is 5.32 Å². The van der Waals surface area contributed by atoms with Gasteiger partial charge in [0.05, 0.1) is 6.61 Å². The second kappa shape index (κ2) is 6.84. The molecule has 1 atom stereocenters. The summed E-state index contributed by atoms with van der Waals surface area (Å²) in [5, 5.41) is 3.66. The lowest BCUT2D eigenvalue weighted by atomic mass is 10.1. The molecule has 0 radical (unpaired) electrons. The molecule has 1 unspecified atom stereocenters. The van der Waals surface area contributed by atoms with Crippen LogP contribution in [0.3, 0.4) is 0 Å². The number of ether oxygens (including phenoxy) is 1. The van der Waals surface area contributed by atoms with Gasteiger partial charge in [0.15, 0.2) is 0 Å². The van der Waals surface area contributed by atoms with Crippen LogP contribution in [0.1, 0.15) is 12.5 Å². The first-order valence-corrected chi connectivity index (χ1v) is 5.74. The summed E-state index contributed by atoms with van der Waals surface area (Å²) < 4.78 is 18.8. The van der Waals surface area contributed by atoms with Gasteiger partial charge in [0.2, 0.25) is 0 Å². The predicted molar refractivity (Wildman–Crippen MR) is 64.5 cm³/mol. The number of benzene rings is 1. The number of hydrogen-bond donors (Lipinski definition) is 1. The van der Waals surface area contributed by atoms with E-state index in [4.69, 9.17) is 16.3 Å². The Hall–Kier alpha value is -0.640. The van der Waals surface area contributed by atoms with Gasteiger partial charge in [0, 0.05) is 17.7 Å². The molecule has 1 N–H and O–H groups in total. The fraction of sp³-hybridized carbons (Fsp3) is 0.500. The molecule has 0 aliphatic heterocycles. The van der Waals surface area contributed by atoms with Crippen LogP contribution in [-0.4, -0.2) is 26.3 Å². The average Bonchev–Trinajstić information content (AvgIpc) is 2.28. The lowest BCUT2D eigenvalue weighted by Gasteiger charge is -2.16. The highest BCUT2D eigenvalue weighted by Gasteiger charge is 2.11. The summed E-state index contributed by atoms with van der Waals surface area (Å²) in [6, 6.07) is 4.71. The smallest absolute Gasteiger partial charge is 0.126 e. The zero-order valence-corrected chi connectivity index (χ0v) is 10.4. The molecule has 1 aromatic carbocycles. The molecular weight excluding hydrogens is 229 g/mol. The number of likely N-dealkylation sites (N-methyl/N-ethyl adjacent to an activating group) is 1. The molecule has 0 bridgehead atoms. The van der Waals surface area contributed by atoms with E-state index in [9.17, 15) is 4.39 Å². The molecule has 0 heterocycles. The number of halogens is 2. The monoisotopic (exact) mass is 245 g/mol. The maximum absolute atomic E-state index is 13.5. The fourth-order valence-corrected chi connectivity index (χ4v) is 1.66. The van der Waals surface area contributed by atoms with E-state index >= 15 is 0 Å². The Morgan fingerprint density at radius 1 is 1.50 bits per heavy atom. The molecule has 90 valence electrons. The molecule has 16 heavy (non-hydrogen) atoms. The minimum Gasteiger partial charge on any atom is -0.380 e. The van der Waals surface area contributed by atoms with Crippen LogP contribution in [0.15, 0.2) is 18.2 Å². The molecular formula is C12H17ClFNO. The molecule has 0 amide bonds. The molecule has 0 aromatic heterocycles. The van der Waals surface area contributed by atoms with E-state index in [-0.39, 0.29) is 11.9 Å². The lowest BCUT2D eigenvalue weighted by molar-refractivity contribution is 0.125. The highest BCUT2D eigenvalue weighted by atomic mass is 35.5. The number of nitrogens with one attached hydrogen (secondary N) is 1. The first-order valence-electron chi connectivity index (χ1n) is 5.36. The maximum Gasteiger partial charge on any atom is 0.126 e. The number of rotatable bonds is 6. The maximum atomic E-state index is 13.5. The molecule has 4 heteroatoms. The van der Waals surface area contributed by atoms with Gasteiger partial charge in [-0.05, 0) is 44.2 Å². The topological polar surface area (TPSA) is 21.3 Å². The van der Waals surface area contributed by atoms with Crippen molar-refractivity contribution in [3.8, 4) is 0 Å². The highest BCUT2D eigenvalue weighted by molar-refractivity contribution is 6.30. The molecule has 1 aromatic rings. The quantitative estimate of drug-likeness (QED) is 0.832. The first-order chi connectivity index (χ1) is 7.67. The molecule has 0 saturated heterocycles. The van der Waals surface area contributed by atoms with Gasteiger partial charge in [-0.2, -0.15) is 0 Å². The van der Waals surface area contributed by atoms with Crippen molar-refractivity contribution in [3.63, 3.8) is 0 Å². The van der Waals surface area contributed by atoms with E-state index in [1.54, 1.807) is 12.1 Å². The van der Waals surface area contributed by atoms with Gasteiger partial charge in [0.25, 0.3) is 0 Å². The second-order valence-corrected chi connectivity index (χ2v) is 4.02. The first kappa shape index (κ1) is 13.4. The third kappa shape index (κ3) is 4.08. The van der Waals surface area contributed by atoms with E-state index in [1.165, 1.54) is 6.07 Å². The predicted octanol–water partition coefficient (Wildman–Crippen LogP) is 2.65. The summed E-state index contributed by atoms with van der Waals surface area (Å²) in [5.41, 5.74) is 0.617. The Kier molecular flexibility index (Phi) is 5.74. The second-order valence-electron chi connectivity index (χ2n) is 3.58. The fourth-order valence-electron chi connectivity index (χ4n) is 1.47. The van der Waals surface area contributed by atoms with Crippen LogP contribution < -0.4 is 5.32 Å². The van der Waals surface area contributed by atoms with Gasteiger partial charge < -0.3 is 10.1 Å². The van der Waals surface area contributed by atoms with E-state index in [0.29, 0.717) is 30.2 Å². The largest absolute Gasteiger partial charge is 0.380 e. The van der Waals surface area contributed by atoms with Gasteiger partial charge in [-0.25, -0.2) is 4.39 Å².